The smallest absolute Gasteiger partial charge is 0.308 e. The molecule has 1 aliphatic rings. The van der Waals surface area contributed by atoms with Crippen LogP contribution in [0.5, 0.6) is 28.7 Å². The van der Waals surface area contributed by atoms with Gasteiger partial charge in [-0.3, -0.25) is 14.5 Å². The molecule has 0 aromatic heterocycles. The first-order valence-corrected chi connectivity index (χ1v) is 9.05. The highest BCUT2D eigenvalue weighted by atomic mass is 16.6. The van der Waals surface area contributed by atoms with Gasteiger partial charge in [-0.2, -0.15) is 0 Å². The van der Waals surface area contributed by atoms with Crippen LogP contribution in [0.1, 0.15) is 18.5 Å². The van der Waals surface area contributed by atoms with Gasteiger partial charge >= 0.3 is 5.97 Å². The summed E-state index contributed by atoms with van der Waals surface area (Å²) in [6.07, 6.45) is 0. The Morgan fingerprint density at radius 3 is 2.00 bits per heavy atom. The Morgan fingerprint density at radius 2 is 1.50 bits per heavy atom. The van der Waals surface area contributed by atoms with Gasteiger partial charge in [0.25, 0.3) is 5.91 Å². The molecule has 1 amide bonds. The molecule has 1 unspecified atom stereocenters. The number of hydrogen-bond donors (Lipinski definition) is 0. The molecule has 8 heteroatoms. The van der Waals surface area contributed by atoms with Crippen molar-refractivity contribution >= 4 is 17.6 Å². The molecule has 0 saturated carbocycles. The normalized spacial score (nSPS) is 15.4. The second kappa shape index (κ2) is 8.36. The number of hydrogen-bond acceptors (Lipinski definition) is 7. The van der Waals surface area contributed by atoms with Crippen LogP contribution in [0.3, 0.4) is 0 Å². The summed E-state index contributed by atoms with van der Waals surface area (Å²) in [6, 6.07) is 8.05. The van der Waals surface area contributed by atoms with Crippen molar-refractivity contribution < 1.29 is 33.3 Å². The number of methoxy groups -OCH3 is 4. The first-order chi connectivity index (χ1) is 14.4. The van der Waals surface area contributed by atoms with Gasteiger partial charge in [-0.15, -0.1) is 0 Å². The molecule has 158 valence electrons. The Labute approximate surface area is 174 Å². The third-order valence-electron chi connectivity index (χ3n) is 4.77. The van der Waals surface area contributed by atoms with Crippen LogP contribution >= 0.6 is 0 Å². The molecule has 3 rings (SSSR count). The summed E-state index contributed by atoms with van der Waals surface area (Å²) in [6.45, 7) is 5.22. The number of anilines is 1. The largest absolute Gasteiger partial charge is 0.493 e. The summed E-state index contributed by atoms with van der Waals surface area (Å²) in [5.41, 5.74) is 1.67. The molecule has 0 spiro atoms. The van der Waals surface area contributed by atoms with E-state index in [1.54, 1.807) is 35.2 Å². The number of carbonyl (C=O) groups excluding carboxylic acids is 2. The number of carbonyl (C=O) groups is 2. The van der Waals surface area contributed by atoms with Gasteiger partial charge in [0.2, 0.25) is 5.75 Å². The van der Waals surface area contributed by atoms with Crippen molar-refractivity contribution in [3.63, 3.8) is 0 Å². The molecule has 2 aromatic carbocycles. The van der Waals surface area contributed by atoms with Gasteiger partial charge in [0, 0.05) is 24.6 Å². The summed E-state index contributed by atoms with van der Waals surface area (Å²) in [5.74, 6) is 1.23. The lowest BCUT2D eigenvalue weighted by molar-refractivity contribution is -0.132. The number of amides is 1. The van der Waals surface area contributed by atoms with Gasteiger partial charge in [0.05, 0.1) is 40.2 Å². The van der Waals surface area contributed by atoms with Crippen molar-refractivity contribution in [1.29, 1.82) is 0 Å². The second-order valence-electron chi connectivity index (χ2n) is 6.49. The topological polar surface area (TPSA) is 83.5 Å². The Hall–Kier alpha value is -3.68. The summed E-state index contributed by atoms with van der Waals surface area (Å²) < 4.78 is 26.6. The summed E-state index contributed by atoms with van der Waals surface area (Å²) >= 11 is 0. The predicted molar refractivity (Wildman–Crippen MR) is 110 cm³/mol. The molecule has 2 aromatic rings. The predicted octanol–water partition coefficient (Wildman–Crippen LogP) is 3.29. The molecule has 1 aliphatic heterocycles. The average Bonchev–Trinajstić information content (AvgIpc) is 2.75. The van der Waals surface area contributed by atoms with E-state index >= 15 is 0 Å². The van der Waals surface area contributed by atoms with Crippen molar-refractivity contribution in [2.45, 2.75) is 13.0 Å². The lowest BCUT2D eigenvalue weighted by Crippen LogP contribution is -2.48. The number of rotatable bonds is 7. The van der Waals surface area contributed by atoms with Crippen molar-refractivity contribution in [3.8, 4) is 28.7 Å². The van der Waals surface area contributed by atoms with Crippen LogP contribution in [0.4, 0.5) is 5.69 Å². The Kier molecular flexibility index (Phi) is 5.86. The van der Waals surface area contributed by atoms with Gasteiger partial charge in [-0.1, -0.05) is 12.6 Å². The van der Waals surface area contributed by atoms with Crippen molar-refractivity contribution in [2.24, 2.45) is 0 Å². The summed E-state index contributed by atoms with van der Waals surface area (Å²) in [5, 5.41) is 0. The molecule has 0 N–H and O–H groups in total. The van der Waals surface area contributed by atoms with E-state index in [0.29, 0.717) is 39.8 Å². The maximum absolute atomic E-state index is 12.7. The van der Waals surface area contributed by atoms with E-state index in [0.717, 1.165) is 0 Å². The van der Waals surface area contributed by atoms with Crippen LogP contribution in [0.2, 0.25) is 0 Å². The van der Waals surface area contributed by atoms with Crippen LogP contribution in [-0.2, 0) is 9.59 Å². The number of nitrogens with zero attached hydrogens (tertiary/aromatic N) is 1. The van der Waals surface area contributed by atoms with Crippen LogP contribution in [0, 0.1) is 0 Å². The second-order valence-corrected chi connectivity index (χ2v) is 6.49. The van der Waals surface area contributed by atoms with E-state index in [1.165, 1.54) is 35.4 Å². The van der Waals surface area contributed by atoms with Crippen molar-refractivity contribution in [1.82, 2.24) is 0 Å². The van der Waals surface area contributed by atoms with E-state index in [9.17, 15) is 9.59 Å². The Bertz CT molecular complexity index is 990. The van der Waals surface area contributed by atoms with Gasteiger partial charge in [-0.05, 0) is 17.7 Å². The third-order valence-corrected chi connectivity index (χ3v) is 4.77. The van der Waals surface area contributed by atoms with E-state index < -0.39 is 12.0 Å². The third kappa shape index (κ3) is 3.52. The molecule has 0 radical (unpaired) electrons. The van der Waals surface area contributed by atoms with Crippen LogP contribution in [-0.4, -0.2) is 40.3 Å². The van der Waals surface area contributed by atoms with Crippen LogP contribution < -0.4 is 28.6 Å². The van der Waals surface area contributed by atoms with E-state index in [-0.39, 0.29) is 11.7 Å². The summed E-state index contributed by atoms with van der Waals surface area (Å²) in [4.78, 5) is 25.7. The van der Waals surface area contributed by atoms with Gasteiger partial charge in [0.1, 0.15) is 0 Å². The highest BCUT2D eigenvalue weighted by molar-refractivity contribution is 6.15. The molecule has 8 nitrogen and oxygen atoms in total. The van der Waals surface area contributed by atoms with Crippen LogP contribution in [0.15, 0.2) is 42.5 Å². The standard InChI is InChI=1S/C22H23NO7/c1-12-20(14-7-8-16(26-3)17(9-14)30-13(2)24)23(22(12)25)15-10-18(27-4)21(29-6)19(11-15)28-5/h7-11,20H,1H2,2-6H3. The lowest BCUT2D eigenvalue weighted by Gasteiger charge is -2.42. The fourth-order valence-electron chi connectivity index (χ4n) is 3.40. The minimum Gasteiger partial charge on any atom is -0.493 e. The fourth-order valence-corrected chi connectivity index (χ4v) is 3.40. The summed E-state index contributed by atoms with van der Waals surface area (Å²) in [7, 11) is 6.00. The highest BCUT2D eigenvalue weighted by Crippen LogP contribution is 2.48. The zero-order valence-corrected chi connectivity index (χ0v) is 17.5. The Balaban J connectivity index is 2.07. The number of ether oxygens (including phenoxy) is 5. The first kappa shape index (κ1) is 21.0. The Morgan fingerprint density at radius 1 is 0.900 bits per heavy atom. The molecule has 1 fully saturated rings. The van der Waals surface area contributed by atoms with E-state index in [1.807, 2.05) is 0 Å². The molecule has 1 heterocycles. The molecular weight excluding hydrogens is 390 g/mol. The monoisotopic (exact) mass is 413 g/mol. The van der Waals surface area contributed by atoms with E-state index in [4.69, 9.17) is 23.7 Å². The lowest BCUT2D eigenvalue weighted by atomic mass is 9.88. The van der Waals surface area contributed by atoms with Gasteiger partial charge in [0.15, 0.2) is 23.0 Å². The van der Waals surface area contributed by atoms with E-state index in [2.05, 4.69) is 6.58 Å². The number of β-lactam (4-membered cyclic amide) rings is 1. The zero-order chi connectivity index (χ0) is 22.0. The van der Waals surface area contributed by atoms with Gasteiger partial charge < -0.3 is 23.7 Å². The fraction of sp³-hybridized carbons (Fsp3) is 0.273. The average molecular weight is 413 g/mol. The number of esters is 1. The maximum Gasteiger partial charge on any atom is 0.308 e. The van der Waals surface area contributed by atoms with Gasteiger partial charge in [-0.25, -0.2) is 0 Å². The first-order valence-electron chi connectivity index (χ1n) is 9.05. The zero-order valence-electron chi connectivity index (χ0n) is 17.5. The minimum atomic E-state index is -0.476. The SMILES string of the molecule is C=C1C(=O)N(c2cc(OC)c(OC)c(OC)c2)C1c1ccc(OC)c(OC(C)=O)c1. The quantitative estimate of drug-likeness (QED) is 0.298. The van der Waals surface area contributed by atoms with Crippen LogP contribution in [0.25, 0.3) is 0 Å². The van der Waals surface area contributed by atoms with Crippen molar-refractivity contribution in [2.75, 3.05) is 33.3 Å². The highest BCUT2D eigenvalue weighted by Gasteiger charge is 2.43. The molecule has 0 aliphatic carbocycles. The minimum absolute atomic E-state index is 0.237. The molecule has 1 atom stereocenters. The molecule has 0 bridgehead atoms. The molecular formula is C22H23NO7. The molecule has 1 saturated heterocycles. The molecule has 30 heavy (non-hydrogen) atoms. The number of benzene rings is 2. The maximum atomic E-state index is 12.7. The van der Waals surface area contributed by atoms with Crippen molar-refractivity contribution in [3.05, 3.63) is 48.0 Å².